The van der Waals surface area contributed by atoms with Crippen molar-refractivity contribution < 1.29 is 13.2 Å². The maximum Gasteiger partial charge on any atom is 0.147 e. The van der Waals surface area contributed by atoms with Gasteiger partial charge in [-0.05, 0) is 19.3 Å². The van der Waals surface area contributed by atoms with Crippen molar-refractivity contribution in [3.05, 3.63) is 0 Å². The maximum absolute atomic E-state index is 12.0. The Morgan fingerprint density at radius 1 is 1.25 bits per heavy atom. The van der Waals surface area contributed by atoms with E-state index in [9.17, 15) is 13.2 Å². The van der Waals surface area contributed by atoms with E-state index in [0.717, 1.165) is 12.8 Å². The first kappa shape index (κ1) is 15.6. The number of nitrogens with two attached hydrogens (primary N) is 1. The van der Waals surface area contributed by atoms with Gasteiger partial charge in [-0.25, -0.2) is 8.42 Å². The molecule has 0 radical (unpaired) electrons. The van der Waals surface area contributed by atoms with Crippen LogP contribution in [-0.4, -0.2) is 32.8 Å². The van der Waals surface area contributed by atoms with Gasteiger partial charge in [0, 0.05) is 24.6 Å². The zero-order chi connectivity index (χ0) is 12.8. The van der Waals surface area contributed by atoms with Crippen molar-refractivity contribution in [2.45, 2.75) is 39.5 Å². The van der Waals surface area contributed by atoms with E-state index in [4.69, 9.17) is 5.73 Å². The average Bonchev–Trinajstić information content (AvgIpc) is 2.19. The third-order valence-corrected chi connectivity index (χ3v) is 4.29. The van der Waals surface area contributed by atoms with Crippen molar-refractivity contribution in [1.82, 2.24) is 0 Å². The zero-order valence-electron chi connectivity index (χ0n) is 10.5. The van der Waals surface area contributed by atoms with Crippen molar-refractivity contribution in [1.29, 1.82) is 0 Å². The van der Waals surface area contributed by atoms with Crippen LogP contribution in [0.25, 0.3) is 0 Å². The highest BCUT2D eigenvalue weighted by Crippen LogP contribution is 2.28. The number of Topliss-reactive ketones (excluding diaryl/α,β-unsaturated/α-hetero) is 1. The second kappa shape index (κ2) is 6.35. The van der Waals surface area contributed by atoms with E-state index < -0.39 is 15.3 Å². The van der Waals surface area contributed by atoms with Crippen LogP contribution in [0.1, 0.15) is 39.5 Å². The Labute approximate surface area is 98.5 Å². The van der Waals surface area contributed by atoms with Crippen molar-refractivity contribution >= 4 is 15.6 Å². The summed E-state index contributed by atoms with van der Waals surface area (Å²) < 4.78 is 21.9. The van der Waals surface area contributed by atoms with E-state index in [1.165, 1.54) is 6.26 Å². The molecule has 0 aliphatic carbocycles. The van der Waals surface area contributed by atoms with E-state index in [-0.39, 0.29) is 11.5 Å². The molecule has 0 unspecified atom stereocenters. The second-order valence-electron chi connectivity index (χ2n) is 4.35. The first-order valence-corrected chi connectivity index (χ1v) is 7.78. The monoisotopic (exact) mass is 249 g/mol. The fourth-order valence-electron chi connectivity index (χ4n) is 1.81. The van der Waals surface area contributed by atoms with E-state index in [2.05, 4.69) is 0 Å². The molecule has 0 aromatic carbocycles. The van der Waals surface area contributed by atoms with Crippen LogP contribution in [0.2, 0.25) is 0 Å². The van der Waals surface area contributed by atoms with Gasteiger partial charge >= 0.3 is 0 Å². The Morgan fingerprint density at radius 2 is 1.75 bits per heavy atom. The van der Waals surface area contributed by atoms with Gasteiger partial charge in [0.25, 0.3) is 0 Å². The summed E-state index contributed by atoms with van der Waals surface area (Å²) in [5.41, 5.74) is 5.20. The Kier molecular flexibility index (Phi) is 6.18. The second-order valence-corrected chi connectivity index (χ2v) is 6.61. The molecule has 0 bridgehead atoms. The summed E-state index contributed by atoms with van der Waals surface area (Å²) in [6.07, 6.45) is 3.34. The predicted octanol–water partition coefficient (Wildman–Crippen LogP) is 1.15. The molecule has 0 saturated carbocycles. The van der Waals surface area contributed by atoms with E-state index in [1.54, 1.807) is 0 Å². The number of sulfone groups is 1. The van der Waals surface area contributed by atoms with Crippen molar-refractivity contribution in [2.24, 2.45) is 11.1 Å². The normalized spacial score (nSPS) is 12.8. The van der Waals surface area contributed by atoms with E-state index >= 15 is 0 Å². The van der Waals surface area contributed by atoms with Crippen molar-refractivity contribution in [3.63, 3.8) is 0 Å². The average molecular weight is 249 g/mol. The lowest BCUT2D eigenvalue weighted by atomic mass is 9.77. The summed E-state index contributed by atoms with van der Waals surface area (Å²) >= 11 is 0. The number of rotatable bonds is 8. The molecule has 0 heterocycles. The molecule has 0 aliphatic heterocycles. The topological polar surface area (TPSA) is 77.2 Å². The smallest absolute Gasteiger partial charge is 0.147 e. The molecule has 4 nitrogen and oxygen atoms in total. The van der Waals surface area contributed by atoms with Crippen LogP contribution in [0.15, 0.2) is 0 Å². The van der Waals surface area contributed by atoms with Gasteiger partial charge in [0.1, 0.15) is 15.6 Å². The molecule has 0 aromatic heterocycles. The van der Waals surface area contributed by atoms with Crippen LogP contribution in [-0.2, 0) is 14.6 Å². The molecule has 0 atom stereocenters. The fraction of sp³-hybridized carbons (Fsp3) is 0.909. The standard InChI is InChI=1S/C11H23NO3S/c1-4-11(5-2,9-12)10(13)7-6-8-16(3,14)15/h4-9,12H2,1-3H3. The van der Waals surface area contributed by atoms with Crippen LogP contribution in [0, 0.1) is 5.41 Å². The fourth-order valence-corrected chi connectivity index (χ4v) is 2.48. The van der Waals surface area contributed by atoms with Crippen molar-refractivity contribution in [3.8, 4) is 0 Å². The number of carbonyl (C=O) groups excluding carboxylic acids is 1. The summed E-state index contributed by atoms with van der Waals surface area (Å²) in [7, 11) is -2.97. The highest BCUT2D eigenvalue weighted by Gasteiger charge is 2.32. The highest BCUT2D eigenvalue weighted by atomic mass is 32.2. The molecule has 0 spiro atoms. The molecule has 0 aromatic rings. The van der Waals surface area contributed by atoms with Crippen LogP contribution in [0.5, 0.6) is 0 Å². The van der Waals surface area contributed by atoms with Gasteiger partial charge in [0.15, 0.2) is 0 Å². The minimum absolute atomic E-state index is 0.0762. The Bertz CT molecular complexity index is 310. The quantitative estimate of drug-likeness (QED) is 0.700. The summed E-state index contributed by atoms with van der Waals surface area (Å²) in [4.78, 5) is 12.0. The lowest BCUT2D eigenvalue weighted by molar-refractivity contribution is -0.128. The maximum atomic E-state index is 12.0. The van der Waals surface area contributed by atoms with Crippen LogP contribution in [0.4, 0.5) is 0 Å². The summed E-state index contributed by atoms with van der Waals surface area (Å²) in [6, 6.07) is 0. The molecule has 0 saturated heterocycles. The Hall–Kier alpha value is -0.420. The molecule has 5 heteroatoms. The van der Waals surface area contributed by atoms with Gasteiger partial charge in [0.2, 0.25) is 0 Å². The van der Waals surface area contributed by atoms with Gasteiger partial charge in [-0.3, -0.25) is 4.79 Å². The molecular weight excluding hydrogens is 226 g/mol. The SMILES string of the molecule is CCC(CC)(CN)C(=O)CCCS(C)(=O)=O. The molecule has 16 heavy (non-hydrogen) atoms. The molecule has 0 aliphatic rings. The molecule has 2 N–H and O–H groups in total. The lowest BCUT2D eigenvalue weighted by Gasteiger charge is -2.28. The third-order valence-electron chi connectivity index (χ3n) is 3.25. The third kappa shape index (κ3) is 4.61. The first-order chi connectivity index (χ1) is 7.31. The highest BCUT2D eigenvalue weighted by molar-refractivity contribution is 7.90. The molecule has 0 fully saturated rings. The predicted molar refractivity (Wildman–Crippen MR) is 66.0 cm³/mol. The lowest BCUT2D eigenvalue weighted by Crippen LogP contribution is -2.37. The van der Waals surface area contributed by atoms with Crippen LogP contribution in [0.3, 0.4) is 0 Å². The Morgan fingerprint density at radius 3 is 2.06 bits per heavy atom. The minimum Gasteiger partial charge on any atom is -0.329 e. The first-order valence-electron chi connectivity index (χ1n) is 5.72. The molecule has 0 amide bonds. The van der Waals surface area contributed by atoms with Gasteiger partial charge in [-0.2, -0.15) is 0 Å². The largest absolute Gasteiger partial charge is 0.329 e. The summed E-state index contributed by atoms with van der Waals surface area (Å²) in [5, 5.41) is 0. The summed E-state index contributed by atoms with van der Waals surface area (Å²) in [6.45, 7) is 4.24. The summed E-state index contributed by atoms with van der Waals surface area (Å²) in [5.74, 6) is 0.177. The van der Waals surface area contributed by atoms with E-state index in [1.807, 2.05) is 13.8 Å². The van der Waals surface area contributed by atoms with Crippen LogP contribution >= 0.6 is 0 Å². The number of hydrogen-bond donors (Lipinski definition) is 1. The number of ketones is 1. The van der Waals surface area contributed by atoms with Gasteiger partial charge in [-0.1, -0.05) is 13.8 Å². The van der Waals surface area contributed by atoms with Gasteiger partial charge in [-0.15, -0.1) is 0 Å². The minimum atomic E-state index is -2.97. The van der Waals surface area contributed by atoms with Crippen LogP contribution < -0.4 is 5.73 Å². The molecular formula is C11H23NO3S. The van der Waals surface area contributed by atoms with E-state index in [0.29, 0.717) is 19.4 Å². The van der Waals surface area contributed by atoms with Crippen molar-refractivity contribution in [2.75, 3.05) is 18.6 Å². The molecule has 0 rings (SSSR count). The Balaban J connectivity index is 4.34. The number of hydrogen-bond acceptors (Lipinski definition) is 4. The number of carbonyl (C=O) groups is 1. The van der Waals surface area contributed by atoms with Gasteiger partial charge < -0.3 is 5.73 Å². The molecule has 96 valence electrons. The van der Waals surface area contributed by atoms with Gasteiger partial charge in [0.05, 0.1) is 5.75 Å². The zero-order valence-corrected chi connectivity index (χ0v) is 11.3.